The Kier molecular flexibility index (Phi) is 5.44. The van der Waals surface area contributed by atoms with Crippen molar-refractivity contribution in [3.8, 4) is 11.5 Å². The molecule has 1 aliphatic carbocycles. The van der Waals surface area contributed by atoms with Crippen LogP contribution in [0.15, 0.2) is 27.4 Å². The molecule has 140 valence electrons. The number of hydrogen-bond acceptors (Lipinski definition) is 5. The van der Waals surface area contributed by atoms with E-state index in [1.807, 2.05) is 13.0 Å². The second kappa shape index (κ2) is 7.76. The van der Waals surface area contributed by atoms with Gasteiger partial charge < -0.3 is 15.5 Å². The lowest BCUT2D eigenvalue weighted by molar-refractivity contribution is -0.124. The number of nitrogens with zero attached hydrogens (tertiary/aromatic N) is 2. The van der Waals surface area contributed by atoms with E-state index in [1.165, 1.54) is 25.3 Å². The number of aromatic nitrogens is 2. The van der Waals surface area contributed by atoms with Crippen LogP contribution in [0.2, 0.25) is 0 Å². The summed E-state index contributed by atoms with van der Waals surface area (Å²) in [6, 6.07) is 4.30. The highest BCUT2D eigenvalue weighted by Crippen LogP contribution is 2.23. The quantitative estimate of drug-likeness (QED) is 0.855. The Hall–Kier alpha value is -2.57. The minimum absolute atomic E-state index is 0.0379. The molecular weight excluding hydrogens is 332 g/mol. The van der Waals surface area contributed by atoms with E-state index in [2.05, 4.69) is 10.4 Å². The smallest absolute Gasteiger partial charge is 0.290 e. The highest BCUT2D eigenvalue weighted by Gasteiger charge is 2.22. The molecule has 7 heteroatoms. The molecule has 0 aliphatic heterocycles. The van der Waals surface area contributed by atoms with Crippen LogP contribution in [0, 0.1) is 12.8 Å². The number of rotatable bonds is 5. The van der Waals surface area contributed by atoms with Gasteiger partial charge in [0.05, 0.1) is 0 Å². The molecule has 0 saturated heterocycles. The van der Waals surface area contributed by atoms with Crippen LogP contribution in [0.1, 0.15) is 50.8 Å². The lowest BCUT2D eigenvalue weighted by Crippen LogP contribution is -2.39. The van der Waals surface area contributed by atoms with Crippen molar-refractivity contribution in [1.29, 1.82) is 0 Å². The van der Waals surface area contributed by atoms with E-state index < -0.39 is 11.6 Å². The van der Waals surface area contributed by atoms with Gasteiger partial charge in [-0.25, -0.2) is 4.68 Å². The maximum absolute atomic E-state index is 12.5. The molecule has 7 nitrogen and oxygen atoms in total. The van der Waals surface area contributed by atoms with Crippen molar-refractivity contribution in [2.24, 2.45) is 5.92 Å². The largest absolute Gasteiger partial charge is 0.460 e. The molecule has 3 N–H and O–H groups in total. The van der Waals surface area contributed by atoms with E-state index in [-0.39, 0.29) is 11.6 Å². The monoisotopic (exact) mass is 358 g/mol. The second-order valence-corrected chi connectivity index (χ2v) is 7.07. The van der Waals surface area contributed by atoms with Gasteiger partial charge in [-0.1, -0.05) is 19.3 Å². The van der Waals surface area contributed by atoms with Crippen LogP contribution in [-0.4, -0.2) is 22.2 Å². The topological polar surface area (TPSA) is 103 Å². The summed E-state index contributed by atoms with van der Waals surface area (Å²) in [5.41, 5.74) is 5.84. The molecule has 0 spiro atoms. The Bertz CT molecular complexity index is 834. The molecule has 0 aromatic carbocycles. The molecule has 2 aromatic heterocycles. The van der Waals surface area contributed by atoms with Crippen molar-refractivity contribution in [2.45, 2.75) is 52.0 Å². The second-order valence-electron chi connectivity index (χ2n) is 7.07. The zero-order valence-electron chi connectivity index (χ0n) is 15.3. The van der Waals surface area contributed by atoms with E-state index in [9.17, 15) is 9.59 Å². The first-order valence-corrected chi connectivity index (χ1v) is 9.19. The van der Waals surface area contributed by atoms with Crippen molar-refractivity contribution in [2.75, 3.05) is 12.3 Å². The van der Waals surface area contributed by atoms with Crippen LogP contribution in [0.5, 0.6) is 0 Å². The van der Waals surface area contributed by atoms with Gasteiger partial charge in [-0.15, -0.1) is 0 Å². The van der Waals surface area contributed by atoms with Crippen molar-refractivity contribution in [3.05, 3.63) is 34.3 Å². The van der Waals surface area contributed by atoms with Crippen LogP contribution >= 0.6 is 0 Å². The molecule has 2 aromatic rings. The van der Waals surface area contributed by atoms with Gasteiger partial charge >= 0.3 is 0 Å². The molecule has 2 heterocycles. The Labute approximate surface area is 152 Å². The first kappa shape index (κ1) is 18.2. The van der Waals surface area contributed by atoms with Gasteiger partial charge in [-0.05, 0) is 50.8 Å². The summed E-state index contributed by atoms with van der Waals surface area (Å²) in [7, 11) is 0. The Balaban J connectivity index is 1.77. The Morgan fingerprint density at radius 1 is 1.38 bits per heavy atom. The van der Waals surface area contributed by atoms with Crippen LogP contribution in [-0.2, 0) is 4.79 Å². The average Bonchev–Trinajstić information content (AvgIpc) is 3.08. The van der Waals surface area contributed by atoms with E-state index in [0.717, 1.165) is 23.3 Å². The van der Waals surface area contributed by atoms with Gasteiger partial charge in [0.15, 0.2) is 5.76 Å². The first-order valence-electron chi connectivity index (χ1n) is 9.19. The summed E-state index contributed by atoms with van der Waals surface area (Å²) in [4.78, 5) is 24.9. The van der Waals surface area contributed by atoms with E-state index in [4.69, 9.17) is 10.2 Å². The zero-order valence-corrected chi connectivity index (χ0v) is 15.3. The zero-order chi connectivity index (χ0) is 18.7. The maximum Gasteiger partial charge on any atom is 0.290 e. The van der Waals surface area contributed by atoms with Gasteiger partial charge in [0.1, 0.15) is 23.2 Å². The number of furan rings is 1. The fourth-order valence-electron chi connectivity index (χ4n) is 3.38. The number of nitrogens with two attached hydrogens (primary N) is 1. The normalized spacial score (nSPS) is 16.4. The third-order valence-electron chi connectivity index (χ3n) is 4.99. The molecule has 3 rings (SSSR count). The first-order chi connectivity index (χ1) is 12.5. The standard InChI is InChI=1S/C19H26N4O3/c1-12-8-9-17(26-12)16-10-15(20)19(25)23(22-16)13(2)18(24)21-11-14-6-4-3-5-7-14/h8-10,13-14H,3-7,11,20H2,1-2H3,(H,21,24)/t13-/m0/s1. The molecule has 26 heavy (non-hydrogen) atoms. The molecule has 1 aliphatic rings. The molecule has 1 saturated carbocycles. The number of aryl methyl sites for hydroxylation is 1. The Morgan fingerprint density at radius 2 is 2.12 bits per heavy atom. The van der Waals surface area contributed by atoms with Gasteiger partial charge in [0.25, 0.3) is 5.56 Å². The number of carbonyl (C=O) groups excluding carboxylic acids is 1. The molecule has 0 radical (unpaired) electrons. The molecule has 1 atom stereocenters. The fourth-order valence-corrected chi connectivity index (χ4v) is 3.38. The van der Waals surface area contributed by atoms with Crippen molar-refractivity contribution < 1.29 is 9.21 Å². The fraction of sp³-hybridized carbons (Fsp3) is 0.526. The maximum atomic E-state index is 12.5. The molecule has 1 amide bonds. The molecular formula is C19H26N4O3. The number of hydrogen-bond donors (Lipinski definition) is 2. The number of amides is 1. The molecule has 0 bridgehead atoms. The number of anilines is 1. The number of nitrogen functional groups attached to an aromatic ring is 1. The predicted molar refractivity (Wildman–Crippen MR) is 99.6 cm³/mol. The summed E-state index contributed by atoms with van der Waals surface area (Å²) in [6.07, 6.45) is 6.01. The highest BCUT2D eigenvalue weighted by atomic mass is 16.3. The molecule has 0 unspecified atom stereocenters. The van der Waals surface area contributed by atoms with E-state index in [1.54, 1.807) is 13.0 Å². The lowest BCUT2D eigenvalue weighted by atomic mass is 9.89. The van der Waals surface area contributed by atoms with Gasteiger partial charge in [-0.2, -0.15) is 5.10 Å². The summed E-state index contributed by atoms with van der Waals surface area (Å²) in [5, 5.41) is 7.26. The average molecular weight is 358 g/mol. The van der Waals surface area contributed by atoms with Crippen LogP contribution in [0.3, 0.4) is 0 Å². The minimum Gasteiger partial charge on any atom is -0.460 e. The van der Waals surface area contributed by atoms with Crippen LogP contribution in [0.25, 0.3) is 11.5 Å². The Morgan fingerprint density at radius 3 is 2.77 bits per heavy atom. The SMILES string of the molecule is Cc1ccc(-c2cc(N)c(=O)n([C@@H](C)C(=O)NCC3CCCCC3)n2)o1. The minimum atomic E-state index is -0.746. The number of carbonyl (C=O) groups is 1. The van der Waals surface area contributed by atoms with Crippen LogP contribution < -0.4 is 16.6 Å². The van der Waals surface area contributed by atoms with Gasteiger partial charge in [0, 0.05) is 6.54 Å². The van der Waals surface area contributed by atoms with E-state index in [0.29, 0.717) is 23.9 Å². The van der Waals surface area contributed by atoms with E-state index >= 15 is 0 Å². The van der Waals surface area contributed by atoms with Crippen molar-refractivity contribution in [3.63, 3.8) is 0 Å². The number of nitrogens with one attached hydrogen (secondary N) is 1. The third-order valence-corrected chi connectivity index (χ3v) is 4.99. The van der Waals surface area contributed by atoms with Crippen molar-refractivity contribution >= 4 is 11.6 Å². The lowest BCUT2D eigenvalue weighted by Gasteiger charge is -2.23. The van der Waals surface area contributed by atoms with Gasteiger partial charge in [0.2, 0.25) is 5.91 Å². The predicted octanol–water partition coefficient (Wildman–Crippen LogP) is 2.65. The highest BCUT2D eigenvalue weighted by molar-refractivity contribution is 5.79. The summed E-state index contributed by atoms with van der Waals surface area (Å²) in [5.74, 6) is 1.54. The summed E-state index contributed by atoms with van der Waals surface area (Å²) in [6.45, 7) is 4.12. The van der Waals surface area contributed by atoms with Gasteiger partial charge in [-0.3, -0.25) is 9.59 Å². The van der Waals surface area contributed by atoms with Crippen molar-refractivity contribution in [1.82, 2.24) is 15.1 Å². The molecule has 1 fully saturated rings. The summed E-state index contributed by atoms with van der Waals surface area (Å²) >= 11 is 0. The third kappa shape index (κ3) is 3.98. The van der Waals surface area contributed by atoms with Crippen LogP contribution in [0.4, 0.5) is 5.69 Å². The summed E-state index contributed by atoms with van der Waals surface area (Å²) < 4.78 is 6.69.